The lowest BCUT2D eigenvalue weighted by atomic mass is 10.1. The molecular weight excluding hydrogens is 601 g/mol. The van der Waals surface area contributed by atoms with E-state index in [-0.39, 0.29) is 11.6 Å². The van der Waals surface area contributed by atoms with Gasteiger partial charge in [0.2, 0.25) is 5.91 Å². The topological polar surface area (TPSA) is 96.5 Å². The summed E-state index contributed by atoms with van der Waals surface area (Å²) < 4.78 is 19.2. The SMILES string of the molecule is CC(Sc1ccc(NC(=O)/C(=C/c2ccc(F)cc2)NC(=O)c2ccccc2)cc1)C(=O)Nc1ccc(Oc2ccccc2)cc1. The second-order valence-electron chi connectivity index (χ2n) is 10.1. The number of hydrogen-bond donors (Lipinski definition) is 3. The Morgan fingerprint density at radius 3 is 1.91 bits per heavy atom. The molecule has 0 fully saturated rings. The van der Waals surface area contributed by atoms with Crippen molar-refractivity contribution in [3.63, 3.8) is 0 Å². The van der Waals surface area contributed by atoms with Crippen LogP contribution in [0.4, 0.5) is 15.8 Å². The van der Waals surface area contributed by atoms with Gasteiger partial charge in [0.05, 0.1) is 5.25 Å². The quantitative estimate of drug-likeness (QED) is 0.101. The fraction of sp³-hybridized carbons (Fsp3) is 0.0541. The highest BCUT2D eigenvalue weighted by atomic mass is 32.2. The minimum atomic E-state index is -0.554. The Hall–Kier alpha value is -5.67. The maximum atomic E-state index is 13.4. The minimum Gasteiger partial charge on any atom is -0.457 e. The van der Waals surface area contributed by atoms with Crippen LogP contribution in [0, 0.1) is 5.82 Å². The average molecular weight is 632 g/mol. The maximum absolute atomic E-state index is 13.4. The second kappa shape index (κ2) is 15.4. The first-order chi connectivity index (χ1) is 22.3. The number of carbonyl (C=O) groups excluding carboxylic acids is 3. The molecule has 0 aliphatic rings. The number of rotatable bonds is 11. The molecule has 230 valence electrons. The molecule has 0 saturated carbocycles. The molecule has 0 aliphatic heterocycles. The van der Waals surface area contributed by atoms with Crippen molar-refractivity contribution >= 4 is 46.9 Å². The van der Waals surface area contributed by atoms with Gasteiger partial charge in [0.1, 0.15) is 23.0 Å². The third-order valence-electron chi connectivity index (χ3n) is 6.60. The van der Waals surface area contributed by atoms with Gasteiger partial charge in [-0.2, -0.15) is 0 Å². The largest absolute Gasteiger partial charge is 0.457 e. The lowest BCUT2D eigenvalue weighted by Crippen LogP contribution is -2.30. The van der Waals surface area contributed by atoms with Crippen LogP contribution >= 0.6 is 11.8 Å². The van der Waals surface area contributed by atoms with E-state index in [1.54, 1.807) is 78.9 Å². The van der Waals surface area contributed by atoms with Gasteiger partial charge >= 0.3 is 0 Å². The Balaban J connectivity index is 1.18. The summed E-state index contributed by atoms with van der Waals surface area (Å²) in [5.74, 6) is -0.197. The number of hydrogen-bond acceptors (Lipinski definition) is 5. The van der Waals surface area contributed by atoms with E-state index < -0.39 is 22.9 Å². The molecule has 3 N–H and O–H groups in total. The van der Waals surface area contributed by atoms with E-state index in [4.69, 9.17) is 4.74 Å². The van der Waals surface area contributed by atoms with Crippen LogP contribution in [0.25, 0.3) is 6.08 Å². The van der Waals surface area contributed by atoms with Gasteiger partial charge in [-0.3, -0.25) is 14.4 Å². The molecule has 5 rings (SSSR count). The number of halogens is 1. The van der Waals surface area contributed by atoms with Crippen molar-refractivity contribution in [3.05, 3.63) is 156 Å². The third kappa shape index (κ3) is 9.17. The van der Waals surface area contributed by atoms with Crippen molar-refractivity contribution in [1.82, 2.24) is 5.32 Å². The molecule has 1 atom stereocenters. The van der Waals surface area contributed by atoms with Crippen LogP contribution in [0.1, 0.15) is 22.8 Å². The molecular formula is C37H30FN3O4S. The average Bonchev–Trinajstić information content (AvgIpc) is 3.08. The van der Waals surface area contributed by atoms with Gasteiger partial charge in [-0.15, -0.1) is 11.8 Å². The highest BCUT2D eigenvalue weighted by Gasteiger charge is 2.17. The van der Waals surface area contributed by atoms with Crippen molar-refractivity contribution in [1.29, 1.82) is 0 Å². The summed E-state index contributed by atoms with van der Waals surface area (Å²) in [5.41, 5.74) is 2.05. The number of benzene rings is 5. The van der Waals surface area contributed by atoms with E-state index in [2.05, 4.69) is 16.0 Å². The van der Waals surface area contributed by atoms with E-state index in [0.29, 0.717) is 28.3 Å². The summed E-state index contributed by atoms with van der Waals surface area (Å²) in [4.78, 5) is 39.8. The number of amides is 3. The van der Waals surface area contributed by atoms with Gasteiger partial charge in [0.25, 0.3) is 11.8 Å². The van der Waals surface area contributed by atoms with Crippen LogP contribution in [0.2, 0.25) is 0 Å². The standard InChI is InChI=1S/C37H30FN3O4S/c1-25(35(42)39-29-16-20-32(21-17-29)45-31-10-6-3-7-11-31)46-33-22-18-30(19-23-33)40-37(44)34(24-26-12-14-28(38)15-13-26)41-36(43)27-8-4-2-5-9-27/h2-25H,1H3,(H,39,42)(H,40,44)(H,41,43)/b34-24-. The van der Waals surface area contributed by atoms with Crippen molar-refractivity contribution in [2.24, 2.45) is 0 Å². The third-order valence-corrected chi connectivity index (χ3v) is 7.72. The van der Waals surface area contributed by atoms with Crippen LogP contribution in [-0.2, 0) is 9.59 Å². The van der Waals surface area contributed by atoms with Gasteiger partial charge in [-0.05, 0) is 103 Å². The normalized spacial score (nSPS) is 11.7. The van der Waals surface area contributed by atoms with E-state index in [9.17, 15) is 18.8 Å². The first-order valence-corrected chi connectivity index (χ1v) is 15.3. The molecule has 7 nitrogen and oxygen atoms in total. The molecule has 3 amide bonds. The monoisotopic (exact) mass is 631 g/mol. The zero-order chi connectivity index (χ0) is 32.3. The maximum Gasteiger partial charge on any atom is 0.272 e. The summed E-state index contributed by atoms with van der Waals surface area (Å²) in [7, 11) is 0. The van der Waals surface area contributed by atoms with Crippen molar-refractivity contribution in [2.75, 3.05) is 10.6 Å². The Labute approximate surface area is 270 Å². The zero-order valence-electron chi connectivity index (χ0n) is 24.8. The van der Waals surface area contributed by atoms with Gasteiger partial charge < -0.3 is 20.7 Å². The van der Waals surface area contributed by atoms with Crippen LogP contribution < -0.4 is 20.7 Å². The fourth-order valence-electron chi connectivity index (χ4n) is 4.22. The minimum absolute atomic E-state index is 0.0103. The van der Waals surface area contributed by atoms with E-state index in [1.165, 1.54) is 42.1 Å². The highest BCUT2D eigenvalue weighted by molar-refractivity contribution is 8.00. The van der Waals surface area contributed by atoms with Crippen LogP contribution in [-0.4, -0.2) is 23.0 Å². The lowest BCUT2D eigenvalue weighted by Gasteiger charge is -2.14. The fourth-order valence-corrected chi connectivity index (χ4v) is 5.08. The number of carbonyl (C=O) groups is 3. The molecule has 0 spiro atoms. The van der Waals surface area contributed by atoms with Gasteiger partial charge in [0.15, 0.2) is 0 Å². The summed E-state index contributed by atoms with van der Waals surface area (Å²) in [6.45, 7) is 1.81. The molecule has 9 heteroatoms. The van der Waals surface area contributed by atoms with Crippen LogP contribution in [0.3, 0.4) is 0 Å². The summed E-state index contributed by atoms with van der Waals surface area (Å²) >= 11 is 1.37. The Morgan fingerprint density at radius 2 is 1.26 bits per heavy atom. The molecule has 0 aromatic heterocycles. The van der Waals surface area contributed by atoms with Crippen LogP contribution in [0.15, 0.2) is 144 Å². The van der Waals surface area contributed by atoms with E-state index >= 15 is 0 Å². The Bertz CT molecular complexity index is 1810. The molecule has 1 unspecified atom stereocenters. The molecule has 5 aromatic carbocycles. The van der Waals surface area contributed by atoms with Crippen molar-refractivity contribution in [3.8, 4) is 11.5 Å². The first-order valence-electron chi connectivity index (χ1n) is 14.4. The first kappa shape index (κ1) is 31.7. The second-order valence-corrected chi connectivity index (χ2v) is 11.5. The van der Waals surface area contributed by atoms with Gasteiger partial charge in [-0.25, -0.2) is 4.39 Å². The molecule has 0 radical (unpaired) electrons. The van der Waals surface area contributed by atoms with Crippen molar-refractivity contribution < 1.29 is 23.5 Å². The van der Waals surface area contributed by atoms with Crippen LogP contribution in [0.5, 0.6) is 11.5 Å². The molecule has 0 heterocycles. The lowest BCUT2D eigenvalue weighted by molar-refractivity contribution is -0.115. The number of anilines is 2. The van der Waals surface area contributed by atoms with Gasteiger partial charge in [-0.1, -0.05) is 48.5 Å². The smallest absolute Gasteiger partial charge is 0.272 e. The zero-order valence-corrected chi connectivity index (χ0v) is 25.6. The molecule has 5 aromatic rings. The van der Waals surface area contributed by atoms with Crippen molar-refractivity contribution in [2.45, 2.75) is 17.1 Å². The number of ether oxygens (including phenoxy) is 1. The predicted molar refractivity (Wildman–Crippen MR) is 180 cm³/mol. The summed E-state index contributed by atoms with van der Waals surface area (Å²) in [6.07, 6.45) is 1.48. The Morgan fingerprint density at radius 1 is 0.696 bits per heavy atom. The molecule has 0 saturated heterocycles. The van der Waals surface area contributed by atoms with E-state index in [0.717, 1.165) is 10.6 Å². The number of nitrogens with one attached hydrogen (secondary N) is 3. The summed E-state index contributed by atoms with van der Waals surface area (Å²) in [6, 6.07) is 37.7. The summed E-state index contributed by atoms with van der Waals surface area (Å²) in [5, 5.41) is 7.97. The molecule has 0 aliphatic carbocycles. The van der Waals surface area contributed by atoms with E-state index in [1.807, 2.05) is 37.3 Å². The highest BCUT2D eigenvalue weighted by Crippen LogP contribution is 2.27. The number of para-hydroxylation sites is 1. The Kier molecular flexibility index (Phi) is 10.6. The molecule has 46 heavy (non-hydrogen) atoms. The molecule has 0 bridgehead atoms. The predicted octanol–water partition coefficient (Wildman–Crippen LogP) is 8.15. The van der Waals surface area contributed by atoms with Gasteiger partial charge in [0, 0.05) is 21.8 Å². The number of thioether (sulfide) groups is 1.